The molecule has 1 aliphatic heterocycles. The maximum absolute atomic E-state index is 13.6. The highest BCUT2D eigenvalue weighted by atomic mass is 19.1. The number of hydrogen-bond donors (Lipinski definition) is 2. The van der Waals surface area contributed by atoms with Crippen LogP contribution in [0, 0.1) is 19.7 Å². The molecule has 2 heterocycles. The lowest BCUT2D eigenvalue weighted by Gasteiger charge is -2.20. The van der Waals surface area contributed by atoms with Gasteiger partial charge < -0.3 is 19.9 Å². The maximum atomic E-state index is 13.6. The smallest absolute Gasteiger partial charge is 0.240 e. The molecule has 32 heavy (non-hydrogen) atoms. The van der Waals surface area contributed by atoms with Crippen molar-refractivity contribution in [3.8, 4) is 0 Å². The summed E-state index contributed by atoms with van der Waals surface area (Å²) in [6, 6.07) is 5.90. The lowest BCUT2D eigenvalue weighted by atomic mass is 10.2. The molecule has 1 unspecified atom stereocenters. The average molecular weight is 446 g/mol. The monoisotopic (exact) mass is 446 g/mol. The number of aromatic nitrogens is 1. The van der Waals surface area contributed by atoms with Crippen LogP contribution in [0.1, 0.15) is 37.0 Å². The molecule has 0 aliphatic carbocycles. The Hall–Kier alpha value is -3.27. The molecule has 2 N–H and O–H groups in total. The van der Waals surface area contributed by atoms with E-state index in [0.29, 0.717) is 30.2 Å². The molecule has 0 saturated carbocycles. The molecule has 0 bridgehead atoms. The number of carbonyl (C=O) groups excluding carboxylic acids is 3. The molecule has 2 aromatic rings. The highest BCUT2D eigenvalue weighted by Gasteiger charge is 2.24. The van der Waals surface area contributed by atoms with E-state index >= 15 is 0 Å². The zero-order valence-corrected chi connectivity index (χ0v) is 18.2. The zero-order chi connectivity index (χ0) is 23.1. The lowest BCUT2D eigenvalue weighted by molar-refractivity contribution is -0.125. The third-order valence-corrected chi connectivity index (χ3v) is 5.07. The molecule has 1 aliphatic rings. The van der Waals surface area contributed by atoms with Crippen molar-refractivity contribution in [2.75, 3.05) is 29.9 Å². The highest BCUT2D eigenvalue weighted by Crippen LogP contribution is 2.17. The summed E-state index contributed by atoms with van der Waals surface area (Å²) in [6.07, 6.45) is 1.52. The van der Waals surface area contributed by atoms with Gasteiger partial charge in [-0.25, -0.2) is 4.39 Å². The summed E-state index contributed by atoms with van der Waals surface area (Å²) in [5, 5.41) is 9.15. The second kappa shape index (κ2) is 10.9. The van der Waals surface area contributed by atoms with Crippen LogP contribution in [0.3, 0.4) is 0 Å². The van der Waals surface area contributed by atoms with Gasteiger partial charge in [0.15, 0.2) is 5.82 Å². The van der Waals surface area contributed by atoms with Crippen LogP contribution >= 0.6 is 0 Å². The SMILES string of the molecule is Cc1cc(N(CC(=O)NCC2CCCO2)C(=O)CCC(=O)Nc2ccc(C)c(F)c2)no1. The van der Waals surface area contributed by atoms with Gasteiger partial charge in [0.1, 0.15) is 18.1 Å². The minimum Gasteiger partial charge on any atom is -0.376 e. The molecular formula is C22H27FN4O5. The zero-order valence-electron chi connectivity index (χ0n) is 18.2. The number of nitrogens with one attached hydrogen (secondary N) is 2. The van der Waals surface area contributed by atoms with E-state index in [1.807, 2.05) is 0 Å². The van der Waals surface area contributed by atoms with Gasteiger partial charge in [-0.15, -0.1) is 0 Å². The van der Waals surface area contributed by atoms with Gasteiger partial charge in [-0.3, -0.25) is 19.3 Å². The largest absolute Gasteiger partial charge is 0.376 e. The van der Waals surface area contributed by atoms with Crippen LogP contribution in [-0.2, 0) is 19.1 Å². The Labute approximate surface area is 185 Å². The Morgan fingerprint density at radius 1 is 1.19 bits per heavy atom. The number of hydrogen-bond acceptors (Lipinski definition) is 6. The quantitative estimate of drug-likeness (QED) is 0.612. The number of amides is 3. The summed E-state index contributed by atoms with van der Waals surface area (Å²) >= 11 is 0. The van der Waals surface area contributed by atoms with Crippen molar-refractivity contribution >= 4 is 29.2 Å². The Bertz CT molecular complexity index is 971. The summed E-state index contributed by atoms with van der Waals surface area (Å²) in [5.74, 6) is -1.02. The minimum atomic E-state index is -0.462. The summed E-state index contributed by atoms with van der Waals surface area (Å²) in [7, 11) is 0. The Kier molecular flexibility index (Phi) is 7.93. The van der Waals surface area contributed by atoms with E-state index in [-0.39, 0.29) is 37.2 Å². The van der Waals surface area contributed by atoms with E-state index in [1.54, 1.807) is 32.0 Å². The average Bonchev–Trinajstić information content (AvgIpc) is 3.43. The fourth-order valence-corrected chi connectivity index (χ4v) is 3.26. The summed E-state index contributed by atoms with van der Waals surface area (Å²) in [5.41, 5.74) is 0.775. The van der Waals surface area contributed by atoms with Crippen molar-refractivity contribution in [2.45, 2.75) is 45.6 Å². The van der Waals surface area contributed by atoms with Gasteiger partial charge in [0.05, 0.1) is 6.10 Å². The lowest BCUT2D eigenvalue weighted by Crippen LogP contribution is -2.43. The molecule has 1 aromatic carbocycles. The van der Waals surface area contributed by atoms with E-state index < -0.39 is 17.6 Å². The third kappa shape index (κ3) is 6.61. The van der Waals surface area contributed by atoms with Gasteiger partial charge in [0.25, 0.3) is 0 Å². The third-order valence-electron chi connectivity index (χ3n) is 5.07. The Morgan fingerprint density at radius 2 is 2.00 bits per heavy atom. The number of halogens is 1. The van der Waals surface area contributed by atoms with Gasteiger partial charge in [0.2, 0.25) is 17.7 Å². The molecular weight excluding hydrogens is 419 g/mol. The molecule has 1 saturated heterocycles. The molecule has 0 spiro atoms. The van der Waals surface area contributed by atoms with Crippen molar-refractivity contribution in [1.29, 1.82) is 0 Å². The molecule has 1 atom stereocenters. The Balaban J connectivity index is 1.56. The van der Waals surface area contributed by atoms with Gasteiger partial charge in [-0.2, -0.15) is 0 Å². The number of rotatable bonds is 9. The number of aryl methyl sites for hydroxylation is 2. The number of carbonyl (C=O) groups is 3. The fourth-order valence-electron chi connectivity index (χ4n) is 3.26. The molecule has 0 radical (unpaired) electrons. The van der Waals surface area contributed by atoms with Crippen LogP contribution in [0.5, 0.6) is 0 Å². The van der Waals surface area contributed by atoms with Crippen LogP contribution < -0.4 is 15.5 Å². The highest BCUT2D eigenvalue weighted by molar-refractivity contribution is 6.00. The Morgan fingerprint density at radius 3 is 2.66 bits per heavy atom. The number of nitrogens with zero attached hydrogens (tertiary/aromatic N) is 2. The van der Waals surface area contributed by atoms with Gasteiger partial charge in [-0.05, 0) is 44.4 Å². The number of anilines is 2. The molecule has 1 fully saturated rings. The second-order valence-corrected chi connectivity index (χ2v) is 7.73. The van der Waals surface area contributed by atoms with Gasteiger partial charge in [-0.1, -0.05) is 11.2 Å². The van der Waals surface area contributed by atoms with Crippen LogP contribution in [0.25, 0.3) is 0 Å². The van der Waals surface area contributed by atoms with Crippen LogP contribution in [-0.4, -0.2) is 48.7 Å². The predicted octanol–water partition coefficient (Wildman–Crippen LogP) is 2.48. The second-order valence-electron chi connectivity index (χ2n) is 7.73. The predicted molar refractivity (Wildman–Crippen MR) is 115 cm³/mol. The summed E-state index contributed by atoms with van der Waals surface area (Å²) < 4.78 is 24.2. The maximum Gasteiger partial charge on any atom is 0.240 e. The fraction of sp³-hybridized carbons (Fsp3) is 0.455. The molecule has 10 heteroatoms. The van der Waals surface area contributed by atoms with Crippen molar-refractivity contribution in [3.05, 3.63) is 41.4 Å². The van der Waals surface area contributed by atoms with Crippen LogP contribution in [0.4, 0.5) is 15.9 Å². The molecule has 3 amide bonds. The van der Waals surface area contributed by atoms with E-state index in [9.17, 15) is 18.8 Å². The first-order chi connectivity index (χ1) is 15.3. The number of benzene rings is 1. The minimum absolute atomic E-state index is 0.0206. The summed E-state index contributed by atoms with van der Waals surface area (Å²) in [4.78, 5) is 38.6. The molecule has 9 nitrogen and oxygen atoms in total. The molecule has 3 rings (SSSR count). The van der Waals surface area contributed by atoms with Crippen LogP contribution in [0.15, 0.2) is 28.8 Å². The molecule has 172 valence electrons. The first-order valence-corrected chi connectivity index (χ1v) is 10.5. The van der Waals surface area contributed by atoms with E-state index in [0.717, 1.165) is 12.8 Å². The van der Waals surface area contributed by atoms with Crippen molar-refractivity contribution in [1.82, 2.24) is 10.5 Å². The molecule has 1 aromatic heterocycles. The van der Waals surface area contributed by atoms with E-state index in [2.05, 4.69) is 15.8 Å². The topological polar surface area (TPSA) is 114 Å². The van der Waals surface area contributed by atoms with Gasteiger partial charge in [0, 0.05) is 37.7 Å². The van der Waals surface area contributed by atoms with Crippen molar-refractivity contribution < 1.29 is 28.0 Å². The number of ether oxygens (including phenoxy) is 1. The van der Waals surface area contributed by atoms with Crippen LogP contribution in [0.2, 0.25) is 0 Å². The summed E-state index contributed by atoms with van der Waals surface area (Å²) in [6.45, 7) is 4.08. The first-order valence-electron chi connectivity index (χ1n) is 10.5. The first kappa shape index (κ1) is 23.4. The standard InChI is InChI=1S/C22H27FN4O5/c1-14-5-6-16(11-18(14)23)25-20(28)7-8-22(30)27(19-10-15(2)32-26-19)13-21(29)24-12-17-4-3-9-31-17/h5-6,10-11,17H,3-4,7-9,12-13H2,1-2H3,(H,24,29)(H,25,28). The van der Waals surface area contributed by atoms with Crippen molar-refractivity contribution in [2.24, 2.45) is 0 Å². The van der Waals surface area contributed by atoms with Gasteiger partial charge >= 0.3 is 0 Å². The normalized spacial score (nSPS) is 15.4. The van der Waals surface area contributed by atoms with E-state index in [4.69, 9.17) is 9.26 Å². The van der Waals surface area contributed by atoms with E-state index in [1.165, 1.54) is 11.0 Å². The van der Waals surface area contributed by atoms with Crippen molar-refractivity contribution in [3.63, 3.8) is 0 Å².